The molecule has 0 fully saturated rings. The minimum atomic E-state index is -0.120. The first kappa shape index (κ1) is 12.5. The van der Waals surface area contributed by atoms with Crippen LogP contribution < -0.4 is 5.56 Å². The predicted molar refractivity (Wildman–Crippen MR) is 75.1 cm³/mol. The first-order valence-electron chi connectivity index (χ1n) is 5.16. The number of hydrogen-bond donors (Lipinski definition) is 1. The van der Waals surface area contributed by atoms with E-state index in [2.05, 4.69) is 41.8 Å². The average molecular weight is 358 g/mol. The largest absolute Gasteiger partial charge is 0.307 e. The van der Waals surface area contributed by atoms with Gasteiger partial charge in [-0.2, -0.15) is 0 Å². The fourth-order valence-electron chi connectivity index (χ4n) is 1.47. The summed E-state index contributed by atoms with van der Waals surface area (Å²) in [6.45, 7) is 1.98. The number of benzene rings is 1. The molecule has 2 rings (SSSR count). The van der Waals surface area contributed by atoms with Gasteiger partial charge < -0.3 is 4.98 Å². The molecule has 5 heteroatoms. The molecule has 0 atom stereocenters. The van der Waals surface area contributed by atoms with Gasteiger partial charge in [-0.1, -0.05) is 13.0 Å². The highest BCUT2D eigenvalue weighted by Gasteiger charge is 2.05. The van der Waals surface area contributed by atoms with Gasteiger partial charge in [-0.25, -0.2) is 4.98 Å². The molecule has 1 aromatic heterocycles. The zero-order chi connectivity index (χ0) is 12.4. The zero-order valence-electron chi connectivity index (χ0n) is 9.13. The summed E-state index contributed by atoms with van der Waals surface area (Å²) in [7, 11) is 0. The Bertz CT molecular complexity index is 608. The molecule has 0 saturated heterocycles. The van der Waals surface area contributed by atoms with E-state index in [1.54, 1.807) is 0 Å². The lowest BCUT2D eigenvalue weighted by Crippen LogP contribution is -2.09. The van der Waals surface area contributed by atoms with Crippen molar-refractivity contribution < 1.29 is 0 Å². The monoisotopic (exact) mass is 356 g/mol. The summed E-state index contributed by atoms with van der Waals surface area (Å²) >= 11 is 6.84. The second-order valence-electron chi connectivity index (χ2n) is 3.57. The van der Waals surface area contributed by atoms with Gasteiger partial charge in [0.15, 0.2) is 0 Å². The Morgan fingerprint density at radius 1 is 1.24 bits per heavy atom. The van der Waals surface area contributed by atoms with Crippen LogP contribution in [0.15, 0.2) is 38.0 Å². The van der Waals surface area contributed by atoms with Crippen molar-refractivity contribution in [2.24, 2.45) is 0 Å². The molecule has 0 saturated carbocycles. The molecule has 2 aromatic rings. The van der Waals surface area contributed by atoms with Gasteiger partial charge in [-0.3, -0.25) is 4.79 Å². The number of nitrogens with zero attached hydrogens (tertiary/aromatic N) is 1. The van der Waals surface area contributed by atoms with Crippen molar-refractivity contribution in [3.63, 3.8) is 0 Å². The maximum atomic E-state index is 11.5. The van der Waals surface area contributed by atoms with Crippen molar-refractivity contribution in [1.29, 1.82) is 0 Å². The van der Waals surface area contributed by atoms with Gasteiger partial charge in [0.05, 0.1) is 0 Å². The van der Waals surface area contributed by atoms with E-state index in [1.807, 2.05) is 25.1 Å². The minimum Gasteiger partial charge on any atom is -0.307 e. The predicted octanol–water partition coefficient (Wildman–Crippen LogP) is 3.52. The summed E-state index contributed by atoms with van der Waals surface area (Å²) in [5.74, 6) is 0.600. The van der Waals surface area contributed by atoms with Crippen molar-refractivity contribution in [3.05, 3.63) is 49.3 Å². The van der Waals surface area contributed by atoms with E-state index in [9.17, 15) is 4.79 Å². The van der Waals surface area contributed by atoms with Crippen LogP contribution in [0.25, 0.3) is 11.4 Å². The van der Waals surface area contributed by atoms with E-state index < -0.39 is 0 Å². The first-order chi connectivity index (χ1) is 8.10. The number of nitrogens with one attached hydrogen (secondary N) is 1. The number of rotatable bonds is 2. The van der Waals surface area contributed by atoms with Gasteiger partial charge in [0, 0.05) is 26.3 Å². The average Bonchev–Trinajstić information content (AvgIpc) is 2.32. The molecule has 1 N–H and O–H groups in total. The van der Waals surface area contributed by atoms with Crippen molar-refractivity contribution in [3.8, 4) is 11.4 Å². The molecular formula is C12H10Br2N2O. The number of H-pyrrole nitrogens is 1. The van der Waals surface area contributed by atoms with Crippen molar-refractivity contribution in [1.82, 2.24) is 9.97 Å². The smallest absolute Gasteiger partial charge is 0.251 e. The second-order valence-corrected chi connectivity index (χ2v) is 5.28. The highest BCUT2D eigenvalue weighted by molar-refractivity contribution is 9.13. The molecule has 0 radical (unpaired) electrons. The zero-order valence-corrected chi connectivity index (χ0v) is 12.3. The maximum Gasteiger partial charge on any atom is 0.251 e. The minimum absolute atomic E-state index is 0.120. The van der Waals surface area contributed by atoms with Gasteiger partial charge in [-0.15, -0.1) is 0 Å². The van der Waals surface area contributed by atoms with Crippen LogP contribution in [0.3, 0.4) is 0 Å². The molecular weight excluding hydrogens is 348 g/mol. The number of halogens is 2. The Hall–Kier alpha value is -0.940. The summed E-state index contributed by atoms with van der Waals surface area (Å²) in [6.07, 6.45) is 0.745. The van der Waals surface area contributed by atoms with Crippen LogP contribution in [-0.2, 0) is 6.42 Å². The fraction of sp³-hybridized carbons (Fsp3) is 0.167. The van der Waals surface area contributed by atoms with Crippen molar-refractivity contribution in [2.45, 2.75) is 13.3 Å². The Labute approximate surface area is 116 Å². The summed E-state index contributed by atoms with van der Waals surface area (Å²) in [4.78, 5) is 18.6. The molecule has 0 bridgehead atoms. The van der Waals surface area contributed by atoms with Gasteiger partial charge >= 0.3 is 0 Å². The Kier molecular flexibility index (Phi) is 3.79. The van der Waals surface area contributed by atoms with Gasteiger partial charge in [-0.05, 0) is 50.4 Å². The molecule has 0 aliphatic rings. The highest BCUT2D eigenvalue weighted by Crippen LogP contribution is 2.27. The second kappa shape index (κ2) is 5.14. The van der Waals surface area contributed by atoms with Crippen LogP contribution in [0.5, 0.6) is 0 Å². The molecule has 1 aromatic carbocycles. The van der Waals surface area contributed by atoms with Crippen LogP contribution in [0.1, 0.15) is 12.6 Å². The molecule has 0 spiro atoms. The topological polar surface area (TPSA) is 45.8 Å². The summed E-state index contributed by atoms with van der Waals surface area (Å²) in [5, 5.41) is 0. The number of aryl methyl sites for hydroxylation is 1. The fourth-order valence-corrected chi connectivity index (χ4v) is 2.09. The van der Waals surface area contributed by atoms with Gasteiger partial charge in [0.2, 0.25) is 0 Å². The normalized spacial score (nSPS) is 10.5. The van der Waals surface area contributed by atoms with E-state index in [0.717, 1.165) is 26.6 Å². The van der Waals surface area contributed by atoms with Crippen molar-refractivity contribution >= 4 is 31.9 Å². The third-order valence-electron chi connectivity index (χ3n) is 2.35. The van der Waals surface area contributed by atoms with Crippen LogP contribution >= 0.6 is 31.9 Å². The Balaban J connectivity index is 2.55. The molecule has 0 amide bonds. The number of aromatic nitrogens is 2. The van der Waals surface area contributed by atoms with Crippen LogP contribution in [0, 0.1) is 0 Å². The summed E-state index contributed by atoms with van der Waals surface area (Å²) < 4.78 is 1.90. The first-order valence-corrected chi connectivity index (χ1v) is 6.74. The molecule has 88 valence electrons. The lowest BCUT2D eigenvalue weighted by molar-refractivity contribution is 0.987. The lowest BCUT2D eigenvalue weighted by Gasteiger charge is -2.04. The van der Waals surface area contributed by atoms with E-state index in [0.29, 0.717) is 5.82 Å². The van der Waals surface area contributed by atoms with Gasteiger partial charge in [0.1, 0.15) is 5.82 Å². The van der Waals surface area contributed by atoms with Crippen LogP contribution in [0.4, 0.5) is 0 Å². The quantitative estimate of drug-likeness (QED) is 0.893. The highest BCUT2D eigenvalue weighted by atomic mass is 79.9. The van der Waals surface area contributed by atoms with Crippen LogP contribution in [0.2, 0.25) is 0 Å². The van der Waals surface area contributed by atoms with Gasteiger partial charge in [0.25, 0.3) is 5.56 Å². The lowest BCUT2D eigenvalue weighted by atomic mass is 10.2. The summed E-state index contributed by atoms with van der Waals surface area (Å²) in [5.41, 5.74) is 1.56. The Morgan fingerprint density at radius 3 is 2.65 bits per heavy atom. The van der Waals surface area contributed by atoms with Crippen LogP contribution in [-0.4, -0.2) is 9.97 Å². The molecule has 17 heavy (non-hydrogen) atoms. The SMILES string of the molecule is CCc1cc(=O)[nH]c(-c2ccc(Br)c(Br)c2)n1. The molecule has 0 unspecified atom stereocenters. The molecule has 0 aliphatic heterocycles. The van der Waals surface area contributed by atoms with E-state index in [4.69, 9.17) is 0 Å². The molecule has 3 nitrogen and oxygen atoms in total. The van der Waals surface area contributed by atoms with E-state index >= 15 is 0 Å². The third-order valence-corrected chi connectivity index (χ3v) is 4.23. The molecule has 0 aliphatic carbocycles. The standard InChI is InChI=1S/C12H10Br2N2O/c1-2-8-6-11(17)16-12(15-8)7-3-4-9(13)10(14)5-7/h3-6H,2H2,1H3,(H,15,16,17). The summed E-state index contributed by atoms with van der Waals surface area (Å²) in [6, 6.07) is 7.27. The van der Waals surface area contributed by atoms with E-state index in [-0.39, 0.29) is 5.56 Å². The van der Waals surface area contributed by atoms with Crippen molar-refractivity contribution in [2.75, 3.05) is 0 Å². The Morgan fingerprint density at radius 2 is 2.00 bits per heavy atom. The third kappa shape index (κ3) is 2.84. The molecule has 1 heterocycles. The maximum absolute atomic E-state index is 11.5. The number of aromatic amines is 1. The number of hydrogen-bond acceptors (Lipinski definition) is 2. The van der Waals surface area contributed by atoms with E-state index in [1.165, 1.54) is 6.07 Å².